The molecule has 8 aliphatic rings. The predicted molar refractivity (Wildman–Crippen MR) is 495 cm³/mol. The number of aliphatic hydroxyl groups is 3. The summed E-state index contributed by atoms with van der Waals surface area (Å²) in [5.74, 6) is -7.74. The number of nitrogens with two attached hydrogens (primary N) is 2. The van der Waals surface area contributed by atoms with Gasteiger partial charge in [0.1, 0.15) is 71.2 Å². The van der Waals surface area contributed by atoms with Crippen molar-refractivity contribution in [1.29, 1.82) is 0 Å². The molecular weight excluding hydrogens is 1720 g/mol. The number of piperazine rings is 2. The van der Waals surface area contributed by atoms with E-state index in [1.54, 1.807) is 75.8 Å². The number of Topliss-reactive ketones (excluding diaryl/α,β-unsaturated/α-hetero) is 3. The number of carbonyl (C=O) groups excluding carboxylic acids is 8. The van der Waals surface area contributed by atoms with Crippen LogP contribution in [-0.2, 0) is 80.1 Å². The zero-order valence-corrected chi connectivity index (χ0v) is 77.2. The maximum absolute atomic E-state index is 14.8. The van der Waals surface area contributed by atoms with Crippen LogP contribution in [0.15, 0.2) is 128 Å². The third kappa shape index (κ3) is 21.1. The van der Waals surface area contributed by atoms with Crippen LogP contribution < -0.4 is 26.2 Å². The number of benzene rings is 1. The third-order valence-electron chi connectivity index (χ3n) is 28.0. The molecule has 14 heterocycles. The largest absolute Gasteiger partial charge is 0.459 e. The van der Waals surface area contributed by atoms with Crippen LogP contribution in [0, 0.1) is 29.6 Å². The molecule has 4 saturated heterocycles. The molecule has 0 unspecified atom stereocenters. The van der Waals surface area contributed by atoms with Gasteiger partial charge in [0.05, 0.1) is 60.4 Å². The molecule has 16 rings (SSSR count). The van der Waals surface area contributed by atoms with Crippen molar-refractivity contribution in [1.82, 2.24) is 79.2 Å². The number of nitrogen functional groups attached to an aromatic ring is 1. The number of nitrogens with one attached hydrogen (secondary N) is 1. The van der Waals surface area contributed by atoms with Crippen LogP contribution in [0.5, 0.6) is 0 Å². The minimum Gasteiger partial charge on any atom is -0.459 e. The van der Waals surface area contributed by atoms with Crippen molar-refractivity contribution in [2.24, 2.45) is 35.3 Å². The van der Waals surface area contributed by atoms with Gasteiger partial charge in [-0.25, -0.2) is 59.1 Å². The lowest BCUT2D eigenvalue weighted by Crippen LogP contribution is -2.61. The highest BCUT2D eigenvalue weighted by atomic mass is 16.6. The molecule has 1 aromatic carbocycles. The number of esters is 1. The number of pyridine rings is 1. The topological polar surface area (TPSA) is 468 Å². The van der Waals surface area contributed by atoms with Gasteiger partial charge in [-0.05, 0) is 136 Å². The highest BCUT2D eigenvalue weighted by Gasteiger charge is 2.54. The first-order valence-electron chi connectivity index (χ1n) is 46.8. The van der Waals surface area contributed by atoms with Gasteiger partial charge in [0.2, 0.25) is 17.7 Å². The molecule has 8 N–H and O–H groups in total. The quantitative estimate of drug-likeness (QED) is 0.0347. The molecule has 37 nitrogen and oxygen atoms in total. The van der Waals surface area contributed by atoms with Crippen molar-refractivity contribution in [3.05, 3.63) is 167 Å². The van der Waals surface area contributed by atoms with Crippen LogP contribution in [0.1, 0.15) is 167 Å². The van der Waals surface area contributed by atoms with Gasteiger partial charge in [0, 0.05) is 183 Å². The number of hydrogen-bond donors (Lipinski definition) is 6. The molecule has 8 aromatic rings. The Labute approximate surface area is 777 Å². The maximum Gasteiger partial charge on any atom is 0.410 e. The summed E-state index contributed by atoms with van der Waals surface area (Å²) in [5.41, 5.74) is 22.9. The lowest BCUT2D eigenvalue weighted by Gasteiger charge is -2.42. The van der Waals surface area contributed by atoms with Gasteiger partial charge in [-0.2, -0.15) is 5.10 Å². The fourth-order valence-electron chi connectivity index (χ4n) is 19.9. The monoisotopic (exact) mass is 1840 g/mol. The highest BCUT2D eigenvalue weighted by Crippen LogP contribution is 2.40. The summed E-state index contributed by atoms with van der Waals surface area (Å²) in [7, 11) is 3.09. The van der Waals surface area contributed by atoms with E-state index in [9.17, 15) is 53.7 Å². The molecule has 4 amide bonds. The fraction of sp³-hybridized carbons (Fsp3) is 0.526. The van der Waals surface area contributed by atoms with E-state index >= 15 is 0 Å². The van der Waals surface area contributed by atoms with Crippen molar-refractivity contribution in [2.45, 2.75) is 212 Å². The summed E-state index contributed by atoms with van der Waals surface area (Å²) in [4.78, 5) is 171. The number of rotatable bonds is 14. The Hall–Kier alpha value is -12.3. The Morgan fingerprint density at radius 3 is 2.20 bits per heavy atom. The van der Waals surface area contributed by atoms with E-state index in [0.29, 0.717) is 189 Å². The van der Waals surface area contributed by atoms with Gasteiger partial charge in [-0.1, -0.05) is 82.4 Å². The lowest BCUT2D eigenvalue weighted by atomic mass is 9.80. The average molecular weight is 1840 g/mol. The second kappa shape index (κ2) is 41.7. The zero-order valence-electron chi connectivity index (χ0n) is 77.2. The first-order valence-corrected chi connectivity index (χ1v) is 46.8. The van der Waals surface area contributed by atoms with Crippen LogP contribution in [0.2, 0.25) is 0 Å². The number of ether oxygens (including phenoxy) is 5. The Morgan fingerprint density at radius 1 is 0.679 bits per heavy atom. The summed E-state index contributed by atoms with van der Waals surface area (Å²) >= 11 is 0. The molecule has 7 aliphatic heterocycles. The van der Waals surface area contributed by atoms with Gasteiger partial charge in [-0.3, -0.25) is 28.8 Å². The van der Waals surface area contributed by atoms with Gasteiger partial charge >= 0.3 is 12.1 Å². The van der Waals surface area contributed by atoms with Crippen molar-refractivity contribution < 1.29 is 77.4 Å². The number of piperidine rings is 1. The number of cyclic esters (lactones) is 1. The number of allylic oxidation sites excluding steroid dienone is 6. The van der Waals surface area contributed by atoms with E-state index in [2.05, 4.69) is 62.9 Å². The number of carbonyl (C=O) groups is 8. The number of anilines is 4. The zero-order chi connectivity index (χ0) is 94.3. The molecule has 0 radical (unpaired) electrons. The predicted octanol–water partition coefficient (Wildman–Crippen LogP) is 7.59. The molecule has 7 aromatic heterocycles. The normalized spacial score (nSPS) is 28.1. The number of ketones is 3. The standard InChI is InChI=1S/C97H121N21O16/c1-56-14-10-9-11-15-57(2)77(130-7)44-70-21-17-61(6)97(129,134-70)86(123)92(126)117-27-13-12-16-74(117)93(127)132-78(45-75(119)58(3)39-60(5)84(121)85(122)83(120)59(4)38-56)71(98)41-62-19-22-76(79(42-62)131-8)133-96(128)116-29-25-72-69(54-116)49-106-95(109-72)114-34-30-111(31-35-114)80-51-101-73(50-102-80)91(125)112-32-36-113(37-33-112)94-104-47-68(48-105-94)90(124)115-28-24-64-40-63(18-20-66(64)53-115)52-118-89-81(87(99)107-55-108-89)82(110-118)67-43-65-23-26-100-88(65)103-46-67/h9-11,14-15,18,20,23,26,39-40,43,46-51,55-56,58-59,61-62,70-71,74,76-79,84-85,121-122,129H,12-13,16-17,19,21-22,24-25,27-38,41-42,44-45,52-54,98H2,1-8H3,(H,100,103)(H2,99,107,108)/b11-9+,14-10+,57-15+,60-39+/t56-,58-,59-,61-,62+,70+,71-,74+,76-,77+,78+,79-,84-,85+,97-/m1/s1. The molecular formula is C97H121N21O16. The molecule has 37 heteroatoms. The average Bonchev–Trinajstić information content (AvgIpc) is 1.55. The smallest absolute Gasteiger partial charge is 0.410 e. The number of hydrogen-bond acceptors (Lipinski definition) is 31. The summed E-state index contributed by atoms with van der Waals surface area (Å²) in [6, 6.07) is 7.99. The molecule has 2 bridgehead atoms. The summed E-state index contributed by atoms with van der Waals surface area (Å²) in [6.45, 7) is 16.3. The number of H-pyrrole nitrogens is 1. The molecule has 1 saturated carbocycles. The summed E-state index contributed by atoms with van der Waals surface area (Å²) < 4.78 is 32.5. The summed E-state index contributed by atoms with van der Waals surface area (Å²) in [5, 5.41) is 41.4. The first kappa shape index (κ1) is 94.9. The lowest BCUT2D eigenvalue weighted by molar-refractivity contribution is -0.265. The highest BCUT2D eigenvalue weighted by molar-refractivity contribution is 6.39. The van der Waals surface area contributed by atoms with Crippen LogP contribution in [-0.4, -0.2) is 288 Å². The van der Waals surface area contributed by atoms with E-state index in [1.807, 2.05) is 77.0 Å². The van der Waals surface area contributed by atoms with Crippen molar-refractivity contribution in [3.8, 4) is 11.3 Å². The Balaban J connectivity index is 0.485. The van der Waals surface area contributed by atoms with E-state index in [0.717, 1.165) is 55.0 Å². The Morgan fingerprint density at radius 2 is 1.43 bits per heavy atom. The number of amides is 4. The first-order chi connectivity index (χ1) is 64.6. The Kier molecular flexibility index (Phi) is 29.5. The molecule has 0 spiro atoms. The molecule has 1 aliphatic carbocycles. The van der Waals surface area contributed by atoms with Gasteiger partial charge < -0.3 is 89.8 Å². The number of methoxy groups -OCH3 is 2. The number of aliphatic hydroxyl groups excluding tert-OH is 2. The van der Waals surface area contributed by atoms with Gasteiger partial charge in [0.15, 0.2) is 11.4 Å². The minimum atomic E-state index is -2.52. The number of aromatic nitrogens is 12. The van der Waals surface area contributed by atoms with Gasteiger partial charge in [0.25, 0.3) is 23.5 Å². The van der Waals surface area contributed by atoms with Crippen molar-refractivity contribution in [3.63, 3.8) is 0 Å². The van der Waals surface area contributed by atoms with E-state index in [1.165, 1.54) is 25.5 Å². The van der Waals surface area contributed by atoms with E-state index < -0.39 is 120 Å². The van der Waals surface area contributed by atoms with E-state index in [4.69, 9.17) is 55.2 Å². The van der Waals surface area contributed by atoms with Crippen LogP contribution in [0.3, 0.4) is 0 Å². The Bertz CT molecular complexity index is 5770. The number of nitrogens with zero attached hydrogens (tertiary/aromatic N) is 18. The number of fused-ring (bicyclic) bond motifs is 7. The van der Waals surface area contributed by atoms with Crippen LogP contribution >= 0.6 is 0 Å². The molecule has 5 fully saturated rings. The minimum absolute atomic E-state index is 0.00756. The molecule has 710 valence electrons. The van der Waals surface area contributed by atoms with E-state index in [-0.39, 0.29) is 67.3 Å². The van der Waals surface area contributed by atoms with Crippen molar-refractivity contribution >= 4 is 92.7 Å². The summed E-state index contributed by atoms with van der Waals surface area (Å²) in [6.07, 6.45) is 21.0. The SMILES string of the molecule is CO[C@H]1C[C@@H]2CC[C@@H](C)[C@@](O)(O2)C(=O)C(=O)N2CCCC[C@H]2C(=O)O[C@H]([C@H](N)C[C@@H]2CC[C@@H](OC(=O)N3CCc4nc(N5CCN(c6cnc(C(=O)N7CCN(c8ncc(C(=O)N9CCc%10cc(Cn%11nc(-c%12cnc%13[nH]ccc%13c%12)c%12c(N)ncnc%12%11)ccc%10C9)cn8)CC7)cn6)CC5)ncc4C3)[C@H](OC)C2)CC(=O)[C@H](C)/C=C(\C)[C@@H](O)[C@@H](O)C(=O)[C@H](C)C[C@H](C)/C=C/C=C/C=C/1C. The van der Waals surface area contributed by atoms with Crippen LogP contribution in [0.4, 0.5) is 28.3 Å². The molecule has 134 heavy (non-hydrogen) atoms. The maximum atomic E-state index is 14.8. The fourth-order valence-corrected chi connectivity index (χ4v) is 19.9. The van der Waals surface area contributed by atoms with Crippen LogP contribution in [0.25, 0.3) is 33.3 Å². The second-order valence-corrected chi connectivity index (χ2v) is 37.2. The second-order valence-electron chi connectivity index (χ2n) is 37.2. The number of aromatic amines is 1. The van der Waals surface area contributed by atoms with Gasteiger partial charge in [-0.15, -0.1) is 0 Å². The third-order valence-corrected chi connectivity index (χ3v) is 28.0. The molecule has 15 atom stereocenters. The van der Waals surface area contributed by atoms with Crippen molar-refractivity contribution in [2.75, 3.05) is 107 Å².